The fraction of sp³-hybridized carbons (Fsp3) is 0.286. The van der Waals surface area contributed by atoms with Gasteiger partial charge in [0.05, 0.1) is 5.56 Å². The highest BCUT2D eigenvalue weighted by atomic mass is 79.9. The Morgan fingerprint density at radius 1 is 1.32 bits per heavy atom. The minimum absolute atomic E-state index is 0.199. The molecule has 0 aliphatic carbocycles. The summed E-state index contributed by atoms with van der Waals surface area (Å²) in [5.41, 5.74) is 6.62. The Labute approximate surface area is 134 Å². The standard InChI is InChI=1S/C14H12BrN3O4/c15-8-4-6(12(16)20)3-7-5-18(14(22)11(7)8)9-1-2-10(19)17-13(9)21/h3-4,9H,1-2,5H2,(H2,16,20)(H,17,19,21). The average molecular weight is 366 g/mol. The minimum Gasteiger partial charge on any atom is -0.366 e. The van der Waals surface area contributed by atoms with Gasteiger partial charge in [0, 0.05) is 23.0 Å². The number of carbonyl (C=O) groups excluding carboxylic acids is 4. The zero-order valence-electron chi connectivity index (χ0n) is 11.4. The highest BCUT2D eigenvalue weighted by molar-refractivity contribution is 9.10. The fourth-order valence-corrected chi connectivity index (χ4v) is 3.47. The van der Waals surface area contributed by atoms with E-state index < -0.39 is 17.9 Å². The maximum atomic E-state index is 12.5. The number of piperidine rings is 1. The van der Waals surface area contributed by atoms with Gasteiger partial charge in [-0.2, -0.15) is 0 Å². The number of hydrogen-bond donors (Lipinski definition) is 2. The van der Waals surface area contributed by atoms with E-state index in [0.29, 0.717) is 27.6 Å². The van der Waals surface area contributed by atoms with Gasteiger partial charge in [-0.05, 0) is 40.0 Å². The normalized spacial score (nSPS) is 20.9. The van der Waals surface area contributed by atoms with E-state index in [2.05, 4.69) is 21.2 Å². The molecule has 0 bridgehead atoms. The lowest BCUT2D eigenvalue weighted by Gasteiger charge is -2.29. The molecule has 0 spiro atoms. The van der Waals surface area contributed by atoms with Crippen LogP contribution >= 0.6 is 15.9 Å². The highest BCUT2D eigenvalue weighted by Crippen LogP contribution is 2.33. The van der Waals surface area contributed by atoms with Gasteiger partial charge in [0.15, 0.2) is 0 Å². The molecular formula is C14H12BrN3O4. The summed E-state index contributed by atoms with van der Waals surface area (Å²) in [6.07, 6.45) is 0.495. The van der Waals surface area contributed by atoms with Crippen molar-refractivity contribution in [3.05, 3.63) is 33.3 Å². The molecule has 1 atom stereocenters. The van der Waals surface area contributed by atoms with Crippen LogP contribution in [-0.4, -0.2) is 34.6 Å². The Hall–Kier alpha value is -2.22. The number of rotatable bonds is 2. The molecule has 2 aliphatic heterocycles. The number of primary amides is 1. The molecule has 0 saturated carbocycles. The zero-order chi connectivity index (χ0) is 16.0. The minimum atomic E-state index is -0.679. The summed E-state index contributed by atoms with van der Waals surface area (Å²) < 4.78 is 0.471. The predicted octanol–water partition coefficient (Wildman–Crippen LogP) is 0.309. The molecule has 1 aromatic carbocycles. The van der Waals surface area contributed by atoms with Crippen molar-refractivity contribution >= 4 is 39.6 Å². The first-order valence-electron chi connectivity index (χ1n) is 6.65. The van der Waals surface area contributed by atoms with Crippen molar-refractivity contribution in [2.45, 2.75) is 25.4 Å². The van der Waals surface area contributed by atoms with Crippen LogP contribution < -0.4 is 11.1 Å². The molecule has 2 aliphatic rings. The SMILES string of the molecule is NC(=O)c1cc(Br)c2c(c1)CN(C1CCC(=O)NC1=O)C2=O. The van der Waals surface area contributed by atoms with Gasteiger partial charge in [-0.25, -0.2) is 0 Å². The summed E-state index contributed by atoms with van der Waals surface area (Å²) >= 11 is 3.27. The summed E-state index contributed by atoms with van der Waals surface area (Å²) in [6.45, 7) is 0.208. The van der Waals surface area contributed by atoms with Crippen molar-refractivity contribution in [3.63, 3.8) is 0 Å². The maximum Gasteiger partial charge on any atom is 0.256 e. The molecule has 7 nitrogen and oxygen atoms in total. The van der Waals surface area contributed by atoms with E-state index in [9.17, 15) is 19.2 Å². The fourth-order valence-electron chi connectivity index (χ4n) is 2.80. The van der Waals surface area contributed by atoms with E-state index in [1.54, 1.807) is 6.07 Å². The van der Waals surface area contributed by atoms with Crippen LogP contribution in [0.4, 0.5) is 0 Å². The highest BCUT2D eigenvalue weighted by Gasteiger charge is 2.40. The summed E-state index contributed by atoms with van der Waals surface area (Å²) in [5, 5.41) is 2.24. The van der Waals surface area contributed by atoms with E-state index >= 15 is 0 Å². The number of carbonyl (C=O) groups is 4. The molecule has 2 heterocycles. The van der Waals surface area contributed by atoms with E-state index in [0.717, 1.165) is 0 Å². The van der Waals surface area contributed by atoms with Gasteiger partial charge in [-0.15, -0.1) is 0 Å². The third-order valence-corrected chi connectivity index (χ3v) is 4.48. The number of halogens is 1. The predicted molar refractivity (Wildman–Crippen MR) is 78.7 cm³/mol. The quantitative estimate of drug-likeness (QED) is 0.734. The van der Waals surface area contributed by atoms with Gasteiger partial charge in [0.25, 0.3) is 5.91 Å². The van der Waals surface area contributed by atoms with Gasteiger partial charge in [-0.3, -0.25) is 24.5 Å². The van der Waals surface area contributed by atoms with E-state index in [1.165, 1.54) is 11.0 Å². The topological polar surface area (TPSA) is 110 Å². The smallest absolute Gasteiger partial charge is 0.256 e. The second-order valence-electron chi connectivity index (χ2n) is 5.26. The van der Waals surface area contributed by atoms with Crippen molar-refractivity contribution in [1.82, 2.24) is 10.2 Å². The van der Waals surface area contributed by atoms with Crippen molar-refractivity contribution < 1.29 is 19.2 Å². The molecule has 0 aromatic heterocycles. The van der Waals surface area contributed by atoms with Crippen LogP contribution in [0.3, 0.4) is 0 Å². The van der Waals surface area contributed by atoms with Gasteiger partial charge < -0.3 is 10.6 Å². The lowest BCUT2D eigenvalue weighted by Crippen LogP contribution is -2.52. The molecule has 1 saturated heterocycles. The van der Waals surface area contributed by atoms with Gasteiger partial charge in [0.2, 0.25) is 17.7 Å². The van der Waals surface area contributed by atoms with Crippen LogP contribution in [0, 0.1) is 0 Å². The lowest BCUT2D eigenvalue weighted by atomic mass is 10.0. The van der Waals surface area contributed by atoms with Gasteiger partial charge in [0.1, 0.15) is 6.04 Å². The second-order valence-corrected chi connectivity index (χ2v) is 6.11. The van der Waals surface area contributed by atoms with Crippen LogP contribution in [0.2, 0.25) is 0 Å². The Morgan fingerprint density at radius 3 is 2.68 bits per heavy atom. The number of nitrogens with zero attached hydrogens (tertiary/aromatic N) is 1. The number of imide groups is 1. The van der Waals surface area contributed by atoms with Crippen LogP contribution in [0.1, 0.15) is 39.1 Å². The molecule has 1 unspecified atom stereocenters. The molecule has 22 heavy (non-hydrogen) atoms. The molecule has 8 heteroatoms. The van der Waals surface area contributed by atoms with Crippen molar-refractivity contribution in [2.75, 3.05) is 0 Å². The summed E-state index contributed by atoms with van der Waals surface area (Å²) in [4.78, 5) is 48.4. The van der Waals surface area contributed by atoms with Crippen molar-refractivity contribution in [1.29, 1.82) is 0 Å². The van der Waals surface area contributed by atoms with Crippen LogP contribution in [0.25, 0.3) is 0 Å². The first-order chi connectivity index (χ1) is 10.4. The van der Waals surface area contributed by atoms with Crippen molar-refractivity contribution in [3.8, 4) is 0 Å². The molecule has 0 radical (unpaired) electrons. The van der Waals surface area contributed by atoms with Crippen LogP contribution in [-0.2, 0) is 16.1 Å². The van der Waals surface area contributed by atoms with Gasteiger partial charge in [-0.1, -0.05) is 0 Å². The Balaban J connectivity index is 1.94. The second kappa shape index (κ2) is 5.20. The monoisotopic (exact) mass is 365 g/mol. The number of hydrogen-bond acceptors (Lipinski definition) is 4. The number of amides is 4. The average Bonchev–Trinajstić information content (AvgIpc) is 2.76. The molecule has 114 valence electrons. The first kappa shape index (κ1) is 14.7. The van der Waals surface area contributed by atoms with Crippen molar-refractivity contribution in [2.24, 2.45) is 5.73 Å². The Morgan fingerprint density at radius 2 is 2.05 bits per heavy atom. The zero-order valence-corrected chi connectivity index (χ0v) is 13.0. The number of fused-ring (bicyclic) bond motifs is 1. The molecule has 1 aromatic rings. The Kier molecular flexibility index (Phi) is 3.48. The lowest BCUT2D eigenvalue weighted by molar-refractivity contribution is -0.136. The van der Waals surface area contributed by atoms with Gasteiger partial charge >= 0.3 is 0 Å². The number of nitrogens with one attached hydrogen (secondary N) is 1. The molecule has 4 amide bonds. The summed E-state index contributed by atoms with van der Waals surface area (Å²) in [5.74, 6) is -1.69. The third kappa shape index (κ3) is 2.29. The van der Waals surface area contributed by atoms with E-state index in [1.807, 2.05) is 0 Å². The largest absolute Gasteiger partial charge is 0.366 e. The number of benzene rings is 1. The van der Waals surface area contributed by atoms with Crippen LogP contribution in [0.5, 0.6) is 0 Å². The van der Waals surface area contributed by atoms with E-state index in [4.69, 9.17) is 5.73 Å². The van der Waals surface area contributed by atoms with E-state index in [-0.39, 0.29) is 24.8 Å². The van der Waals surface area contributed by atoms with Crippen LogP contribution in [0.15, 0.2) is 16.6 Å². The number of nitrogens with two attached hydrogens (primary N) is 1. The third-order valence-electron chi connectivity index (χ3n) is 3.86. The first-order valence-corrected chi connectivity index (χ1v) is 7.44. The molecule has 3 rings (SSSR count). The molecule has 1 fully saturated rings. The Bertz CT molecular complexity index is 731. The molecular weight excluding hydrogens is 354 g/mol. The summed E-state index contributed by atoms with van der Waals surface area (Å²) in [7, 11) is 0. The summed E-state index contributed by atoms with van der Waals surface area (Å²) in [6, 6.07) is 2.38. The maximum absolute atomic E-state index is 12.5. The molecule has 3 N–H and O–H groups in total.